The first-order valence-electron chi connectivity index (χ1n) is 6.89. The third kappa shape index (κ3) is 4.53. The second-order valence-electron chi connectivity index (χ2n) is 4.85. The largest absolute Gasteiger partial charge is 0.467 e. The Morgan fingerprint density at radius 3 is 2.43 bits per heavy atom. The molecule has 0 aromatic heterocycles. The number of carbonyl (C=O) groups is 2. The Labute approximate surface area is 138 Å². The van der Waals surface area contributed by atoms with Gasteiger partial charge >= 0.3 is 5.97 Å². The maximum Gasteiger partial charge on any atom is 0.328 e. The van der Waals surface area contributed by atoms with Crippen LogP contribution in [0.15, 0.2) is 48.5 Å². The summed E-state index contributed by atoms with van der Waals surface area (Å²) in [7, 11) is 1.24. The quantitative estimate of drug-likeness (QED) is 0.855. The highest BCUT2D eigenvalue weighted by molar-refractivity contribution is 6.31. The van der Waals surface area contributed by atoms with Crippen LogP contribution in [0.3, 0.4) is 0 Å². The average molecular weight is 336 g/mol. The molecule has 0 saturated carbocycles. The summed E-state index contributed by atoms with van der Waals surface area (Å²) in [6.07, 6.45) is 0.194. The van der Waals surface area contributed by atoms with Crippen molar-refractivity contribution in [3.8, 4) is 0 Å². The number of nitrogens with one attached hydrogen (secondary N) is 1. The van der Waals surface area contributed by atoms with Gasteiger partial charge in [-0.05, 0) is 35.9 Å². The Morgan fingerprint density at radius 1 is 1.17 bits per heavy atom. The van der Waals surface area contributed by atoms with Crippen molar-refractivity contribution in [2.75, 3.05) is 7.11 Å². The van der Waals surface area contributed by atoms with Crippen molar-refractivity contribution in [3.63, 3.8) is 0 Å². The lowest BCUT2D eigenvalue weighted by Crippen LogP contribution is -2.43. The number of halogens is 2. The van der Waals surface area contributed by atoms with Gasteiger partial charge in [-0.2, -0.15) is 0 Å². The van der Waals surface area contributed by atoms with Crippen molar-refractivity contribution < 1.29 is 18.7 Å². The summed E-state index contributed by atoms with van der Waals surface area (Å²) in [4.78, 5) is 24.1. The summed E-state index contributed by atoms with van der Waals surface area (Å²) >= 11 is 6.08. The molecule has 1 amide bonds. The highest BCUT2D eigenvalue weighted by Gasteiger charge is 2.23. The smallest absolute Gasteiger partial charge is 0.328 e. The van der Waals surface area contributed by atoms with Crippen molar-refractivity contribution in [2.24, 2.45) is 0 Å². The van der Waals surface area contributed by atoms with Crippen LogP contribution in [0.4, 0.5) is 4.39 Å². The summed E-state index contributed by atoms with van der Waals surface area (Å²) in [5.41, 5.74) is 0.962. The van der Waals surface area contributed by atoms with Gasteiger partial charge < -0.3 is 10.1 Å². The molecule has 120 valence electrons. The Hall–Kier alpha value is -2.40. The molecule has 0 fully saturated rings. The molecule has 0 aliphatic rings. The highest BCUT2D eigenvalue weighted by Crippen LogP contribution is 2.17. The molecular weight excluding hydrogens is 321 g/mol. The van der Waals surface area contributed by atoms with Gasteiger partial charge in [-0.25, -0.2) is 9.18 Å². The molecule has 0 heterocycles. The fourth-order valence-electron chi connectivity index (χ4n) is 2.06. The molecule has 2 aromatic carbocycles. The zero-order valence-electron chi connectivity index (χ0n) is 12.4. The van der Waals surface area contributed by atoms with Crippen LogP contribution in [0, 0.1) is 5.82 Å². The second kappa shape index (κ2) is 7.74. The molecule has 0 radical (unpaired) electrons. The van der Waals surface area contributed by atoms with E-state index >= 15 is 0 Å². The van der Waals surface area contributed by atoms with Gasteiger partial charge in [0.2, 0.25) is 0 Å². The molecular formula is C17H15ClFNO3. The van der Waals surface area contributed by atoms with E-state index in [0.29, 0.717) is 10.6 Å². The minimum Gasteiger partial charge on any atom is -0.467 e. The van der Waals surface area contributed by atoms with Crippen molar-refractivity contribution in [1.82, 2.24) is 5.32 Å². The van der Waals surface area contributed by atoms with Gasteiger partial charge in [0.25, 0.3) is 5.91 Å². The first kappa shape index (κ1) is 17.0. The average Bonchev–Trinajstić information content (AvgIpc) is 2.56. The third-order valence-electron chi connectivity index (χ3n) is 3.28. The zero-order valence-corrected chi connectivity index (χ0v) is 13.1. The maximum absolute atomic E-state index is 12.9. The summed E-state index contributed by atoms with van der Waals surface area (Å²) < 4.78 is 17.6. The molecule has 0 aliphatic carbocycles. The molecule has 0 saturated heterocycles. The van der Waals surface area contributed by atoms with E-state index in [0.717, 1.165) is 0 Å². The van der Waals surface area contributed by atoms with Gasteiger partial charge in [0.05, 0.1) is 7.11 Å². The first-order valence-corrected chi connectivity index (χ1v) is 7.26. The summed E-state index contributed by atoms with van der Waals surface area (Å²) in [6.45, 7) is 0. The van der Waals surface area contributed by atoms with Crippen LogP contribution < -0.4 is 5.32 Å². The van der Waals surface area contributed by atoms with Gasteiger partial charge in [-0.15, -0.1) is 0 Å². The van der Waals surface area contributed by atoms with Crippen LogP contribution in [0.5, 0.6) is 0 Å². The molecule has 2 aromatic rings. The molecule has 1 atom stereocenters. The number of hydrogen-bond acceptors (Lipinski definition) is 3. The highest BCUT2D eigenvalue weighted by atomic mass is 35.5. The van der Waals surface area contributed by atoms with E-state index in [1.54, 1.807) is 24.3 Å². The SMILES string of the molecule is COC(=O)[C@@H](Cc1ccccc1Cl)NC(=O)c1ccc(F)cc1. The van der Waals surface area contributed by atoms with Crippen LogP contribution >= 0.6 is 11.6 Å². The number of ether oxygens (including phenoxy) is 1. The van der Waals surface area contributed by atoms with Crippen LogP contribution in [0.1, 0.15) is 15.9 Å². The molecule has 0 bridgehead atoms. The van der Waals surface area contributed by atoms with Gasteiger partial charge in [0.15, 0.2) is 0 Å². The van der Waals surface area contributed by atoms with E-state index in [9.17, 15) is 14.0 Å². The first-order chi connectivity index (χ1) is 11.0. The van der Waals surface area contributed by atoms with Crippen molar-refractivity contribution >= 4 is 23.5 Å². The predicted molar refractivity (Wildman–Crippen MR) is 84.8 cm³/mol. The Morgan fingerprint density at radius 2 is 1.83 bits per heavy atom. The molecule has 2 rings (SSSR count). The summed E-state index contributed by atoms with van der Waals surface area (Å²) in [6, 6.07) is 11.2. The third-order valence-corrected chi connectivity index (χ3v) is 3.65. The zero-order chi connectivity index (χ0) is 16.8. The Bertz CT molecular complexity index is 703. The van der Waals surface area contributed by atoms with E-state index < -0.39 is 23.7 Å². The van der Waals surface area contributed by atoms with Gasteiger partial charge in [-0.1, -0.05) is 29.8 Å². The second-order valence-corrected chi connectivity index (χ2v) is 5.26. The van der Waals surface area contributed by atoms with Crippen LogP contribution in [-0.4, -0.2) is 25.0 Å². The minimum atomic E-state index is -0.891. The lowest BCUT2D eigenvalue weighted by Gasteiger charge is -2.17. The van der Waals surface area contributed by atoms with E-state index in [1.807, 2.05) is 0 Å². The molecule has 0 aliphatic heterocycles. The number of esters is 1. The van der Waals surface area contributed by atoms with E-state index in [-0.39, 0.29) is 12.0 Å². The number of carbonyl (C=O) groups excluding carboxylic acids is 2. The minimum absolute atomic E-state index is 0.194. The van der Waals surface area contributed by atoms with Gasteiger partial charge in [0.1, 0.15) is 11.9 Å². The van der Waals surface area contributed by atoms with Crippen LogP contribution in [-0.2, 0) is 16.0 Å². The summed E-state index contributed by atoms with van der Waals surface area (Å²) in [5.74, 6) is -1.52. The molecule has 6 heteroatoms. The van der Waals surface area contributed by atoms with Crippen LogP contribution in [0.25, 0.3) is 0 Å². The number of benzene rings is 2. The monoisotopic (exact) mass is 335 g/mol. The van der Waals surface area contributed by atoms with E-state index in [2.05, 4.69) is 5.32 Å². The number of methoxy groups -OCH3 is 1. The molecule has 0 unspecified atom stereocenters. The molecule has 23 heavy (non-hydrogen) atoms. The van der Waals surface area contributed by atoms with Gasteiger partial charge in [0, 0.05) is 17.0 Å². The lowest BCUT2D eigenvalue weighted by molar-refractivity contribution is -0.142. The standard InChI is InChI=1S/C17H15ClFNO3/c1-23-17(22)15(10-12-4-2-3-5-14(12)18)20-16(21)11-6-8-13(19)9-7-11/h2-9,15H,10H2,1H3,(H,20,21)/t15-/m1/s1. The van der Waals surface area contributed by atoms with Crippen LogP contribution in [0.2, 0.25) is 5.02 Å². The lowest BCUT2D eigenvalue weighted by atomic mass is 10.1. The van der Waals surface area contributed by atoms with Crippen molar-refractivity contribution in [3.05, 3.63) is 70.5 Å². The molecule has 1 N–H and O–H groups in total. The van der Waals surface area contributed by atoms with Crippen molar-refractivity contribution in [1.29, 1.82) is 0 Å². The molecule has 0 spiro atoms. The number of amides is 1. The topological polar surface area (TPSA) is 55.4 Å². The summed E-state index contributed by atoms with van der Waals surface area (Å²) in [5, 5.41) is 3.08. The number of hydrogen-bond donors (Lipinski definition) is 1. The van der Waals surface area contributed by atoms with Gasteiger partial charge in [-0.3, -0.25) is 4.79 Å². The number of rotatable bonds is 5. The van der Waals surface area contributed by atoms with Crippen molar-refractivity contribution in [2.45, 2.75) is 12.5 Å². The van der Waals surface area contributed by atoms with E-state index in [1.165, 1.54) is 31.4 Å². The Kier molecular flexibility index (Phi) is 5.71. The Balaban J connectivity index is 2.16. The fraction of sp³-hybridized carbons (Fsp3) is 0.176. The predicted octanol–water partition coefficient (Wildman–Crippen LogP) is 2.99. The molecule has 4 nitrogen and oxygen atoms in total. The normalized spacial score (nSPS) is 11.6. The fourth-order valence-corrected chi connectivity index (χ4v) is 2.28. The van der Waals surface area contributed by atoms with E-state index in [4.69, 9.17) is 16.3 Å². The maximum atomic E-state index is 12.9.